The van der Waals surface area contributed by atoms with Gasteiger partial charge in [0.25, 0.3) is 0 Å². The Bertz CT molecular complexity index is 928. The standard InChI is InChI=1S/C20H13F6N3/c21-19(22,23)13-1-5-15(6-2-13)27-11-17-9-10-18(29-17)12-28-16-7-3-14(4-8-16)20(24,25)26/h1-12,29H. The van der Waals surface area contributed by atoms with Crippen LogP contribution < -0.4 is 0 Å². The topological polar surface area (TPSA) is 40.5 Å². The molecule has 0 unspecified atom stereocenters. The lowest BCUT2D eigenvalue weighted by atomic mass is 10.2. The summed E-state index contributed by atoms with van der Waals surface area (Å²) in [5.41, 5.74) is 0.369. The Hall–Kier alpha value is -3.36. The molecule has 0 aliphatic carbocycles. The number of hydrogen-bond donors (Lipinski definition) is 1. The van der Waals surface area contributed by atoms with E-state index in [0.717, 1.165) is 24.3 Å². The lowest BCUT2D eigenvalue weighted by molar-refractivity contribution is -0.138. The Morgan fingerprint density at radius 1 is 0.552 bits per heavy atom. The van der Waals surface area contributed by atoms with Crippen molar-refractivity contribution in [2.24, 2.45) is 9.98 Å². The van der Waals surface area contributed by atoms with Gasteiger partial charge in [0.15, 0.2) is 0 Å². The molecule has 3 aromatic rings. The van der Waals surface area contributed by atoms with Gasteiger partial charge in [0.05, 0.1) is 46.3 Å². The van der Waals surface area contributed by atoms with E-state index in [1.165, 1.54) is 36.7 Å². The van der Waals surface area contributed by atoms with Gasteiger partial charge in [-0.25, -0.2) is 0 Å². The summed E-state index contributed by atoms with van der Waals surface area (Å²) in [7, 11) is 0. The van der Waals surface area contributed by atoms with Crippen LogP contribution >= 0.6 is 0 Å². The number of alkyl halides is 6. The van der Waals surface area contributed by atoms with E-state index in [1.54, 1.807) is 12.1 Å². The van der Waals surface area contributed by atoms with Crippen LogP contribution in [0.3, 0.4) is 0 Å². The van der Waals surface area contributed by atoms with Crippen molar-refractivity contribution in [3.63, 3.8) is 0 Å². The minimum atomic E-state index is -4.40. The first kappa shape index (κ1) is 20.4. The molecule has 0 atom stereocenters. The molecule has 0 aliphatic heterocycles. The van der Waals surface area contributed by atoms with Crippen LogP contribution in [0.5, 0.6) is 0 Å². The van der Waals surface area contributed by atoms with Crippen molar-refractivity contribution in [2.75, 3.05) is 0 Å². The zero-order valence-electron chi connectivity index (χ0n) is 14.6. The van der Waals surface area contributed by atoms with Gasteiger partial charge >= 0.3 is 12.4 Å². The van der Waals surface area contributed by atoms with Gasteiger partial charge in [0.1, 0.15) is 0 Å². The van der Waals surface area contributed by atoms with Crippen molar-refractivity contribution in [3.8, 4) is 0 Å². The molecule has 0 fully saturated rings. The molecular formula is C20H13F6N3. The second-order valence-electron chi connectivity index (χ2n) is 5.97. The molecule has 3 nitrogen and oxygen atoms in total. The Balaban J connectivity index is 1.64. The number of H-pyrrole nitrogens is 1. The molecule has 0 spiro atoms. The van der Waals surface area contributed by atoms with E-state index in [2.05, 4.69) is 15.0 Å². The number of aliphatic imine (C=N–C) groups is 2. The Morgan fingerprint density at radius 2 is 0.897 bits per heavy atom. The maximum absolute atomic E-state index is 12.5. The van der Waals surface area contributed by atoms with E-state index in [4.69, 9.17) is 0 Å². The fourth-order valence-corrected chi connectivity index (χ4v) is 2.34. The number of hydrogen-bond acceptors (Lipinski definition) is 2. The highest BCUT2D eigenvalue weighted by atomic mass is 19.4. The molecule has 9 heteroatoms. The van der Waals surface area contributed by atoms with Crippen LogP contribution in [0.25, 0.3) is 0 Å². The molecule has 1 aromatic heterocycles. The van der Waals surface area contributed by atoms with E-state index in [0.29, 0.717) is 22.8 Å². The number of halogens is 6. The van der Waals surface area contributed by atoms with E-state index in [1.807, 2.05) is 0 Å². The van der Waals surface area contributed by atoms with Crippen LogP contribution in [0, 0.1) is 0 Å². The molecule has 0 amide bonds. The van der Waals surface area contributed by atoms with Gasteiger partial charge in [-0.3, -0.25) is 9.98 Å². The largest absolute Gasteiger partial charge is 0.416 e. The lowest BCUT2D eigenvalue weighted by Gasteiger charge is -2.05. The van der Waals surface area contributed by atoms with Crippen molar-refractivity contribution < 1.29 is 26.3 Å². The summed E-state index contributed by atoms with van der Waals surface area (Å²) in [6, 6.07) is 12.2. The summed E-state index contributed by atoms with van der Waals surface area (Å²) in [4.78, 5) is 11.1. The predicted octanol–water partition coefficient (Wildman–Crippen LogP) is 6.55. The van der Waals surface area contributed by atoms with Gasteiger partial charge in [-0.1, -0.05) is 0 Å². The Labute approximate surface area is 161 Å². The molecule has 1 heterocycles. The first-order chi connectivity index (χ1) is 13.6. The molecule has 29 heavy (non-hydrogen) atoms. The second-order valence-corrected chi connectivity index (χ2v) is 5.97. The van der Waals surface area contributed by atoms with E-state index < -0.39 is 23.5 Å². The minimum Gasteiger partial charge on any atom is -0.353 e. The third-order valence-corrected chi connectivity index (χ3v) is 3.83. The number of nitrogens with zero attached hydrogens (tertiary/aromatic N) is 2. The van der Waals surface area contributed by atoms with Crippen molar-refractivity contribution >= 4 is 23.8 Å². The number of benzene rings is 2. The molecule has 2 aromatic carbocycles. The van der Waals surface area contributed by atoms with Crippen LogP contribution in [0.4, 0.5) is 37.7 Å². The van der Waals surface area contributed by atoms with E-state index in [9.17, 15) is 26.3 Å². The predicted molar refractivity (Wildman–Crippen MR) is 98.2 cm³/mol. The third kappa shape index (κ3) is 5.56. The zero-order valence-corrected chi connectivity index (χ0v) is 14.6. The van der Waals surface area contributed by atoms with Gasteiger partial charge in [0, 0.05) is 0 Å². The maximum atomic E-state index is 12.5. The molecule has 0 aliphatic rings. The number of rotatable bonds is 4. The van der Waals surface area contributed by atoms with Crippen LogP contribution in [0.2, 0.25) is 0 Å². The van der Waals surface area contributed by atoms with Crippen LogP contribution in [0.15, 0.2) is 70.6 Å². The molecule has 0 radical (unpaired) electrons. The summed E-state index contributed by atoms with van der Waals surface area (Å²) in [6.45, 7) is 0. The smallest absolute Gasteiger partial charge is 0.353 e. The van der Waals surface area contributed by atoms with Crippen LogP contribution in [-0.2, 0) is 12.4 Å². The lowest BCUT2D eigenvalue weighted by Crippen LogP contribution is -2.03. The number of aromatic amines is 1. The number of aromatic nitrogens is 1. The molecule has 150 valence electrons. The summed E-state index contributed by atoms with van der Waals surface area (Å²) in [5, 5.41) is 0. The van der Waals surface area contributed by atoms with Crippen LogP contribution in [0.1, 0.15) is 22.5 Å². The average molecular weight is 409 g/mol. The quantitative estimate of drug-likeness (QED) is 0.375. The Kier molecular flexibility index (Phi) is 5.58. The highest BCUT2D eigenvalue weighted by molar-refractivity contribution is 5.85. The monoisotopic (exact) mass is 409 g/mol. The van der Waals surface area contributed by atoms with Crippen molar-refractivity contribution in [3.05, 3.63) is 83.2 Å². The summed E-state index contributed by atoms with van der Waals surface area (Å²) in [5.74, 6) is 0. The molecule has 1 N–H and O–H groups in total. The molecule has 3 rings (SSSR count). The van der Waals surface area contributed by atoms with Gasteiger partial charge in [-0.05, 0) is 60.7 Å². The fraction of sp³-hybridized carbons (Fsp3) is 0.100. The van der Waals surface area contributed by atoms with E-state index in [-0.39, 0.29) is 0 Å². The van der Waals surface area contributed by atoms with E-state index >= 15 is 0 Å². The normalized spacial score (nSPS) is 12.9. The summed E-state index contributed by atoms with van der Waals surface area (Å²) < 4.78 is 75.2. The SMILES string of the molecule is FC(F)(F)c1ccc(N=Cc2ccc(C=Nc3ccc(C(F)(F)F)cc3)[nH]2)cc1. The number of nitrogens with one attached hydrogen (secondary N) is 1. The van der Waals surface area contributed by atoms with Crippen molar-refractivity contribution in [1.82, 2.24) is 4.98 Å². The average Bonchev–Trinajstić information content (AvgIpc) is 3.12. The zero-order chi connectivity index (χ0) is 21.1. The third-order valence-electron chi connectivity index (χ3n) is 3.83. The molecule has 0 saturated heterocycles. The summed E-state index contributed by atoms with van der Waals surface area (Å²) in [6.07, 6.45) is -5.91. The second kappa shape index (κ2) is 7.94. The maximum Gasteiger partial charge on any atom is 0.416 e. The highest BCUT2D eigenvalue weighted by Gasteiger charge is 2.30. The van der Waals surface area contributed by atoms with Crippen molar-refractivity contribution in [2.45, 2.75) is 12.4 Å². The van der Waals surface area contributed by atoms with Gasteiger partial charge in [0.2, 0.25) is 0 Å². The van der Waals surface area contributed by atoms with Gasteiger partial charge in [-0.15, -0.1) is 0 Å². The summed E-state index contributed by atoms with van der Waals surface area (Å²) >= 11 is 0. The van der Waals surface area contributed by atoms with Crippen LogP contribution in [-0.4, -0.2) is 17.4 Å². The molecule has 0 bridgehead atoms. The van der Waals surface area contributed by atoms with Gasteiger partial charge < -0.3 is 4.98 Å². The first-order valence-corrected chi connectivity index (χ1v) is 8.23. The fourth-order valence-electron chi connectivity index (χ4n) is 2.34. The highest BCUT2D eigenvalue weighted by Crippen LogP contribution is 2.31. The first-order valence-electron chi connectivity index (χ1n) is 8.23. The molecule has 0 saturated carbocycles. The molecular weight excluding hydrogens is 396 g/mol. The van der Waals surface area contributed by atoms with Crippen molar-refractivity contribution in [1.29, 1.82) is 0 Å². The minimum absolute atomic E-state index is 0.354. The Morgan fingerprint density at radius 3 is 1.21 bits per heavy atom. The van der Waals surface area contributed by atoms with Gasteiger partial charge in [-0.2, -0.15) is 26.3 Å².